The molecule has 0 aliphatic carbocycles. The Kier molecular flexibility index (Phi) is 7.35. The first-order valence-corrected chi connectivity index (χ1v) is 9.05. The Morgan fingerprint density at radius 3 is 2.77 bits per heavy atom. The molecular weight excluding hydrogens is 302 g/mol. The molecule has 1 unspecified atom stereocenters. The number of morpholine rings is 1. The molecule has 2 rings (SSSR count). The largest absolute Gasteiger partial charge is 0.379 e. The second-order valence-electron chi connectivity index (χ2n) is 5.60. The van der Waals surface area contributed by atoms with E-state index in [9.17, 15) is 9.59 Å². The van der Waals surface area contributed by atoms with Crippen LogP contribution in [0.2, 0.25) is 0 Å². The fraction of sp³-hybridized carbons (Fsp3) is 0.800. The molecule has 6 nitrogen and oxygen atoms in total. The van der Waals surface area contributed by atoms with Crippen molar-refractivity contribution in [1.82, 2.24) is 10.2 Å². The maximum atomic E-state index is 12.0. The number of amides is 2. The van der Waals surface area contributed by atoms with Crippen LogP contribution in [-0.4, -0.2) is 60.5 Å². The van der Waals surface area contributed by atoms with Gasteiger partial charge in [-0.05, 0) is 6.42 Å². The third kappa shape index (κ3) is 5.37. The molecule has 2 heterocycles. The Labute approximate surface area is 136 Å². The van der Waals surface area contributed by atoms with Crippen LogP contribution in [0, 0.1) is 5.92 Å². The van der Waals surface area contributed by atoms with Crippen molar-refractivity contribution in [2.75, 3.05) is 38.6 Å². The van der Waals surface area contributed by atoms with Gasteiger partial charge in [-0.1, -0.05) is 37.9 Å². The molecule has 1 N–H and O–H groups in total. The quantitative estimate of drug-likeness (QED) is 0.563. The fourth-order valence-electron chi connectivity index (χ4n) is 2.53. The van der Waals surface area contributed by atoms with Gasteiger partial charge in [0.05, 0.1) is 13.2 Å². The van der Waals surface area contributed by atoms with Crippen LogP contribution < -0.4 is 5.32 Å². The van der Waals surface area contributed by atoms with Gasteiger partial charge in [0.15, 0.2) is 5.17 Å². The zero-order valence-corrected chi connectivity index (χ0v) is 14.0. The van der Waals surface area contributed by atoms with Crippen LogP contribution >= 0.6 is 11.8 Å². The number of ether oxygens (including phenoxy) is 1. The maximum Gasteiger partial charge on any atom is 0.260 e. The first-order valence-electron chi connectivity index (χ1n) is 8.07. The summed E-state index contributed by atoms with van der Waals surface area (Å²) in [5, 5.41) is 3.23. The SMILES string of the molecule is CCCCCC1C(=O)N=C(SCCN2CCOCC2)NC1=O. The minimum atomic E-state index is -0.588. The monoisotopic (exact) mass is 327 g/mol. The number of unbranched alkanes of at least 4 members (excludes halogenated alkanes) is 2. The standard InChI is InChI=1S/C15H25N3O3S/c1-2-3-4-5-12-13(19)16-15(17-14(12)20)22-11-8-18-6-9-21-10-7-18/h12H,2-11H2,1H3,(H,16,17,19,20). The molecular formula is C15H25N3O3S. The normalized spacial score (nSPS) is 23.3. The molecule has 0 radical (unpaired) electrons. The van der Waals surface area contributed by atoms with E-state index in [0.717, 1.165) is 57.9 Å². The second kappa shape index (κ2) is 9.27. The van der Waals surface area contributed by atoms with Gasteiger partial charge in [0.25, 0.3) is 5.91 Å². The highest BCUT2D eigenvalue weighted by Crippen LogP contribution is 2.17. The lowest BCUT2D eigenvalue weighted by Crippen LogP contribution is -2.43. The number of thioether (sulfide) groups is 1. The average Bonchev–Trinajstić information content (AvgIpc) is 2.51. The van der Waals surface area contributed by atoms with E-state index in [1.54, 1.807) is 0 Å². The van der Waals surface area contributed by atoms with Crippen LogP contribution in [0.5, 0.6) is 0 Å². The predicted octanol–water partition coefficient (Wildman–Crippen LogP) is 1.26. The lowest BCUT2D eigenvalue weighted by molar-refractivity contribution is -0.133. The zero-order valence-electron chi connectivity index (χ0n) is 13.2. The number of carbonyl (C=O) groups excluding carboxylic acids is 2. The van der Waals surface area contributed by atoms with Crippen LogP contribution in [0.3, 0.4) is 0 Å². The van der Waals surface area contributed by atoms with Crippen molar-refractivity contribution in [3.05, 3.63) is 0 Å². The third-order valence-corrected chi connectivity index (χ3v) is 4.76. The van der Waals surface area contributed by atoms with Gasteiger partial charge in [-0.3, -0.25) is 14.5 Å². The highest BCUT2D eigenvalue weighted by molar-refractivity contribution is 8.13. The molecule has 2 amide bonds. The lowest BCUT2D eigenvalue weighted by atomic mass is 9.99. The molecule has 2 aliphatic rings. The van der Waals surface area contributed by atoms with E-state index in [-0.39, 0.29) is 11.8 Å². The van der Waals surface area contributed by atoms with Gasteiger partial charge in [-0.15, -0.1) is 0 Å². The summed E-state index contributed by atoms with van der Waals surface area (Å²) in [6.07, 6.45) is 3.62. The molecule has 0 bridgehead atoms. The van der Waals surface area contributed by atoms with Crippen molar-refractivity contribution in [3.63, 3.8) is 0 Å². The van der Waals surface area contributed by atoms with Crippen molar-refractivity contribution in [3.8, 4) is 0 Å². The van der Waals surface area contributed by atoms with Crippen molar-refractivity contribution in [1.29, 1.82) is 0 Å². The summed E-state index contributed by atoms with van der Waals surface area (Å²) in [6, 6.07) is 0. The molecule has 0 aromatic heterocycles. The topological polar surface area (TPSA) is 71.0 Å². The Morgan fingerprint density at radius 2 is 2.09 bits per heavy atom. The number of amidine groups is 1. The minimum absolute atomic E-state index is 0.190. The highest BCUT2D eigenvalue weighted by Gasteiger charge is 2.31. The van der Waals surface area contributed by atoms with E-state index in [0.29, 0.717) is 11.6 Å². The molecule has 22 heavy (non-hydrogen) atoms. The van der Waals surface area contributed by atoms with Crippen LogP contribution in [0.1, 0.15) is 32.6 Å². The molecule has 124 valence electrons. The summed E-state index contributed by atoms with van der Waals surface area (Å²) in [5.41, 5.74) is 0. The van der Waals surface area contributed by atoms with Gasteiger partial charge in [0.2, 0.25) is 5.91 Å². The predicted molar refractivity (Wildman–Crippen MR) is 87.9 cm³/mol. The maximum absolute atomic E-state index is 12.0. The number of hydrogen-bond donors (Lipinski definition) is 1. The van der Waals surface area contributed by atoms with Gasteiger partial charge in [0, 0.05) is 25.4 Å². The first kappa shape index (κ1) is 17.4. The molecule has 2 aliphatic heterocycles. The summed E-state index contributed by atoms with van der Waals surface area (Å²) in [6.45, 7) is 6.46. The van der Waals surface area contributed by atoms with Crippen molar-refractivity contribution in [2.24, 2.45) is 10.9 Å². The number of nitrogens with zero attached hydrogens (tertiary/aromatic N) is 2. The lowest BCUT2D eigenvalue weighted by Gasteiger charge is -2.26. The third-order valence-electron chi connectivity index (χ3n) is 3.90. The molecule has 0 aromatic rings. The number of aliphatic imine (C=N–C) groups is 1. The Morgan fingerprint density at radius 1 is 1.32 bits per heavy atom. The Bertz CT molecular complexity index is 422. The second-order valence-corrected chi connectivity index (χ2v) is 6.68. The van der Waals surface area contributed by atoms with E-state index >= 15 is 0 Å². The van der Waals surface area contributed by atoms with Crippen LogP contribution in [0.15, 0.2) is 4.99 Å². The van der Waals surface area contributed by atoms with Gasteiger partial charge in [-0.25, -0.2) is 0 Å². The molecule has 0 aromatic carbocycles. The summed E-state index contributed by atoms with van der Waals surface area (Å²) >= 11 is 1.44. The number of rotatable bonds is 7. The zero-order chi connectivity index (χ0) is 15.8. The van der Waals surface area contributed by atoms with Crippen LogP contribution in [0.4, 0.5) is 0 Å². The summed E-state index contributed by atoms with van der Waals surface area (Å²) < 4.78 is 5.30. The first-order chi connectivity index (χ1) is 10.7. The van der Waals surface area contributed by atoms with Gasteiger partial charge < -0.3 is 10.1 Å². The van der Waals surface area contributed by atoms with E-state index in [2.05, 4.69) is 22.1 Å². The Balaban J connectivity index is 1.74. The highest BCUT2D eigenvalue weighted by atomic mass is 32.2. The Hall–Kier alpha value is -0.920. The van der Waals surface area contributed by atoms with E-state index in [1.807, 2.05) is 0 Å². The summed E-state index contributed by atoms with van der Waals surface area (Å²) in [4.78, 5) is 30.4. The molecule has 1 atom stereocenters. The van der Waals surface area contributed by atoms with Crippen LogP contribution in [-0.2, 0) is 14.3 Å². The smallest absolute Gasteiger partial charge is 0.260 e. The summed E-state index contributed by atoms with van der Waals surface area (Å²) in [5.74, 6) is -0.249. The summed E-state index contributed by atoms with van der Waals surface area (Å²) in [7, 11) is 0. The molecule has 7 heteroatoms. The average molecular weight is 327 g/mol. The molecule has 0 spiro atoms. The molecule has 0 saturated carbocycles. The van der Waals surface area contributed by atoms with Crippen molar-refractivity contribution in [2.45, 2.75) is 32.6 Å². The van der Waals surface area contributed by atoms with Crippen molar-refractivity contribution < 1.29 is 14.3 Å². The molecule has 1 saturated heterocycles. The number of hydrogen-bond acceptors (Lipinski definition) is 5. The van der Waals surface area contributed by atoms with Crippen LogP contribution in [0.25, 0.3) is 0 Å². The van der Waals surface area contributed by atoms with Gasteiger partial charge in [0.1, 0.15) is 5.92 Å². The minimum Gasteiger partial charge on any atom is -0.379 e. The number of nitrogens with one attached hydrogen (secondary N) is 1. The van der Waals surface area contributed by atoms with E-state index in [1.165, 1.54) is 11.8 Å². The van der Waals surface area contributed by atoms with Gasteiger partial charge >= 0.3 is 0 Å². The van der Waals surface area contributed by atoms with E-state index < -0.39 is 5.92 Å². The molecule has 1 fully saturated rings. The number of carbonyl (C=O) groups is 2. The van der Waals surface area contributed by atoms with Gasteiger partial charge in [-0.2, -0.15) is 4.99 Å². The van der Waals surface area contributed by atoms with E-state index in [4.69, 9.17) is 4.74 Å². The fourth-order valence-corrected chi connectivity index (χ4v) is 3.40. The van der Waals surface area contributed by atoms with Crippen molar-refractivity contribution >= 4 is 28.7 Å².